The number of para-hydroxylation sites is 3. The van der Waals surface area contributed by atoms with Crippen molar-refractivity contribution in [3.8, 4) is 22.8 Å². The molecule has 3 aromatic carbocycles. The van der Waals surface area contributed by atoms with E-state index in [2.05, 4.69) is 5.32 Å². The fourth-order valence-electron chi connectivity index (χ4n) is 3.51. The van der Waals surface area contributed by atoms with Gasteiger partial charge in [-0.15, -0.1) is 0 Å². The zero-order valence-electron chi connectivity index (χ0n) is 17.9. The van der Waals surface area contributed by atoms with Crippen molar-refractivity contribution in [1.29, 1.82) is 0 Å². The molecule has 6 nitrogen and oxygen atoms in total. The van der Waals surface area contributed by atoms with Crippen LogP contribution in [0.3, 0.4) is 0 Å². The Kier molecular flexibility index (Phi) is 6.22. The van der Waals surface area contributed by atoms with E-state index in [-0.39, 0.29) is 30.1 Å². The molecule has 32 heavy (non-hydrogen) atoms. The van der Waals surface area contributed by atoms with E-state index in [1.165, 1.54) is 0 Å². The summed E-state index contributed by atoms with van der Waals surface area (Å²) in [6.45, 7) is 2.26. The molecule has 0 aliphatic carbocycles. The smallest absolute Gasteiger partial charge is 0.255 e. The van der Waals surface area contributed by atoms with Gasteiger partial charge in [-0.2, -0.15) is 0 Å². The summed E-state index contributed by atoms with van der Waals surface area (Å²) in [7, 11) is 1.57. The molecule has 0 atom stereocenters. The van der Waals surface area contributed by atoms with Crippen LogP contribution in [0.4, 0.5) is 0 Å². The Labute approximate surface area is 185 Å². The van der Waals surface area contributed by atoms with E-state index in [9.17, 15) is 9.59 Å². The van der Waals surface area contributed by atoms with Crippen LogP contribution in [-0.4, -0.2) is 26.2 Å². The number of hydrogen-bond donors (Lipinski definition) is 1. The van der Waals surface area contributed by atoms with Crippen molar-refractivity contribution in [2.24, 2.45) is 0 Å². The number of methoxy groups -OCH3 is 1. The number of nitrogens with one attached hydrogen (secondary N) is 1. The molecule has 4 aromatic rings. The monoisotopic (exact) mass is 429 g/mol. The Balaban J connectivity index is 1.56. The van der Waals surface area contributed by atoms with Crippen LogP contribution >= 0.6 is 0 Å². The van der Waals surface area contributed by atoms with Crippen molar-refractivity contribution < 1.29 is 18.7 Å². The van der Waals surface area contributed by atoms with Crippen LogP contribution in [0.15, 0.2) is 82.0 Å². The maximum absolute atomic E-state index is 13.0. The lowest BCUT2D eigenvalue weighted by atomic mass is 10.0. The van der Waals surface area contributed by atoms with E-state index in [0.29, 0.717) is 33.8 Å². The number of rotatable bonds is 7. The summed E-state index contributed by atoms with van der Waals surface area (Å²) in [5.41, 5.74) is 1.70. The zero-order chi connectivity index (χ0) is 22.5. The average molecular weight is 429 g/mol. The van der Waals surface area contributed by atoms with Crippen molar-refractivity contribution in [3.63, 3.8) is 0 Å². The number of hydrogen-bond acceptors (Lipinski definition) is 5. The third-order valence-electron chi connectivity index (χ3n) is 5.14. The molecule has 162 valence electrons. The highest BCUT2D eigenvalue weighted by molar-refractivity contribution is 6.05. The Bertz CT molecular complexity index is 1310. The minimum Gasteiger partial charge on any atom is -0.493 e. The first-order chi connectivity index (χ1) is 15.6. The molecule has 1 amide bonds. The van der Waals surface area contributed by atoms with Gasteiger partial charge in [0.1, 0.15) is 12.4 Å². The summed E-state index contributed by atoms with van der Waals surface area (Å²) in [5.74, 6) is 1.34. The third kappa shape index (κ3) is 4.21. The van der Waals surface area contributed by atoms with Gasteiger partial charge in [0.05, 0.1) is 24.6 Å². The van der Waals surface area contributed by atoms with Gasteiger partial charge in [0.2, 0.25) is 0 Å². The van der Waals surface area contributed by atoms with Gasteiger partial charge in [0.15, 0.2) is 22.5 Å². The standard InChI is InChI=1S/C26H23NO5/c1-17-23(28)19-11-8-12-20(25(19)32-24(17)18-9-4-3-5-10-18)26(29)27-15-16-31-22-14-7-6-13-21(22)30-2/h3-14H,15-16H2,1-2H3,(H,27,29). The van der Waals surface area contributed by atoms with E-state index in [4.69, 9.17) is 13.9 Å². The molecule has 6 heteroatoms. The van der Waals surface area contributed by atoms with E-state index >= 15 is 0 Å². The maximum Gasteiger partial charge on any atom is 0.255 e. The molecule has 0 radical (unpaired) electrons. The quantitative estimate of drug-likeness (QED) is 0.435. The van der Waals surface area contributed by atoms with Crippen LogP contribution in [0.25, 0.3) is 22.3 Å². The highest BCUT2D eigenvalue weighted by Crippen LogP contribution is 2.27. The summed E-state index contributed by atoms with van der Waals surface area (Å²) < 4.78 is 17.1. The summed E-state index contributed by atoms with van der Waals surface area (Å²) in [6.07, 6.45) is 0. The lowest BCUT2D eigenvalue weighted by Crippen LogP contribution is -2.28. The Morgan fingerprint density at radius 1 is 0.938 bits per heavy atom. The summed E-state index contributed by atoms with van der Waals surface area (Å²) in [6, 6.07) is 21.7. The number of amides is 1. The maximum atomic E-state index is 13.0. The lowest BCUT2D eigenvalue weighted by molar-refractivity contribution is 0.0947. The first-order valence-corrected chi connectivity index (χ1v) is 10.3. The highest BCUT2D eigenvalue weighted by Gasteiger charge is 2.18. The van der Waals surface area contributed by atoms with Gasteiger partial charge in [-0.25, -0.2) is 0 Å². The van der Waals surface area contributed by atoms with Crippen molar-refractivity contribution in [3.05, 3.63) is 94.1 Å². The molecule has 0 aliphatic rings. The first-order valence-electron chi connectivity index (χ1n) is 10.3. The summed E-state index contributed by atoms with van der Waals surface area (Å²) in [4.78, 5) is 25.8. The predicted octanol–water partition coefficient (Wildman–Crippen LogP) is 4.59. The lowest BCUT2D eigenvalue weighted by Gasteiger charge is -2.12. The molecule has 1 heterocycles. The summed E-state index contributed by atoms with van der Waals surface area (Å²) in [5, 5.41) is 3.20. The van der Waals surface area contributed by atoms with Crippen molar-refractivity contribution in [2.45, 2.75) is 6.92 Å². The topological polar surface area (TPSA) is 77.8 Å². The first kappa shape index (κ1) is 21.2. The molecule has 0 fully saturated rings. The molecule has 4 rings (SSSR count). The predicted molar refractivity (Wildman–Crippen MR) is 123 cm³/mol. The molecule has 0 saturated heterocycles. The second-order valence-electron chi connectivity index (χ2n) is 7.19. The van der Waals surface area contributed by atoms with Gasteiger partial charge in [-0.05, 0) is 31.2 Å². The largest absolute Gasteiger partial charge is 0.493 e. The van der Waals surface area contributed by atoms with Gasteiger partial charge in [-0.1, -0.05) is 48.5 Å². The molecule has 1 N–H and O–H groups in total. The van der Waals surface area contributed by atoms with Crippen LogP contribution in [0, 0.1) is 6.92 Å². The van der Waals surface area contributed by atoms with Crippen LogP contribution in [0.1, 0.15) is 15.9 Å². The molecular formula is C26H23NO5. The highest BCUT2D eigenvalue weighted by atomic mass is 16.5. The van der Waals surface area contributed by atoms with Gasteiger partial charge in [0, 0.05) is 11.1 Å². The molecule has 0 saturated carbocycles. The van der Waals surface area contributed by atoms with Crippen molar-refractivity contribution >= 4 is 16.9 Å². The van der Waals surface area contributed by atoms with E-state index in [0.717, 1.165) is 5.56 Å². The van der Waals surface area contributed by atoms with Crippen molar-refractivity contribution in [1.82, 2.24) is 5.32 Å². The second kappa shape index (κ2) is 9.39. The van der Waals surface area contributed by atoms with Gasteiger partial charge in [0.25, 0.3) is 5.91 Å². The molecule has 0 spiro atoms. The minimum absolute atomic E-state index is 0.153. The average Bonchev–Trinajstić information content (AvgIpc) is 2.84. The fraction of sp³-hybridized carbons (Fsp3) is 0.154. The Morgan fingerprint density at radius 3 is 2.41 bits per heavy atom. The molecule has 0 unspecified atom stereocenters. The number of carbonyl (C=O) groups excluding carboxylic acids is 1. The van der Waals surface area contributed by atoms with Crippen LogP contribution < -0.4 is 20.2 Å². The van der Waals surface area contributed by atoms with E-state index in [1.807, 2.05) is 42.5 Å². The summed E-state index contributed by atoms with van der Waals surface area (Å²) >= 11 is 0. The number of ether oxygens (including phenoxy) is 2. The molecule has 1 aromatic heterocycles. The fourth-order valence-corrected chi connectivity index (χ4v) is 3.51. The van der Waals surface area contributed by atoms with Crippen LogP contribution in [0.5, 0.6) is 11.5 Å². The third-order valence-corrected chi connectivity index (χ3v) is 5.14. The van der Waals surface area contributed by atoms with Gasteiger partial charge >= 0.3 is 0 Å². The molecular weight excluding hydrogens is 406 g/mol. The Morgan fingerprint density at radius 2 is 1.66 bits per heavy atom. The molecule has 0 bridgehead atoms. The Hall–Kier alpha value is -4.06. The van der Waals surface area contributed by atoms with Crippen LogP contribution in [-0.2, 0) is 0 Å². The SMILES string of the molecule is COc1ccccc1OCCNC(=O)c1cccc2c(=O)c(C)c(-c3ccccc3)oc12. The van der Waals surface area contributed by atoms with E-state index in [1.54, 1.807) is 44.4 Å². The van der Waals surface area contributed by atoms with E-state index < -0.39 is 0 Å². The second-order valence-corrected chi connectivity index (χ2v) is 7.19. The molecule has 0 aliphatic heterocycles. The van der Waals surface area contributed by atoms with Crippen molar-refractivity contribution in [2.75, 3.05) is 20.3 Å². The number of fused-ring (bicyclic) bond motifs is 1. The van der Waals surface area contributed by atoms with Crippen LogP contribution in [0.2, 0.25) is 0 Å². The normalized spacial score (nSPS) is 10.7. The number of benzene rings is 3. The van der Waals surface area contributed by atoms with Gasteiger partial charge in [-0.3, -0.25) is 9.59 Å². The minimum atomic E-state index is -0.342. The zero-order valence-corrected chi connectivity index (χ0v) is 17.9. The van der Waals surface area contributed by atoms with Gasteiger partial charge < -0.3 is 19.2 Å². The number of carbonyl (C=O) groups is 1.